The zero-order valence-electron chi connectivity index (χ0n) is 12.1. The van der Waals surface area contributed by atoms with E-state index in [-0.39, 0.29) is 29.0 Å². The van der Waals surface area contributed by atoms with Crippen molar-refractivity contribution >= 4 is 26.6 Å². The second-order valence-electron chi connectivity index (χ2n) is 5.57. The van der Waals surface area contributed by atoms with Crippen LogP contribution in [0.5, 0.6) is 0 Å². The number of aromatic amines is 1. The van der Waals surface area contributed by atoms with Crippen molar-refractivity contribution in [3.05, 3.63) is 46.2 Å². The quantitative estimate of drug-likeness (QED) is 0.886. The molecule has 1 aliphatic rings. The lowest BCUT2D eigenvalue weighted by atomic mass is 10.1. The van der Waals surface area contributed by atoms with Crippen LogP contribution in [0.15, 0.2) is 35.1 Å². The molecular formula is C15H16N2O4S. The first-order chi connectivity index (χ1) is 10.4. The maximum Gasteiger partial charge on any atom is 0.254 e. The number of hydrogen-bond donors (Lipinski definition) is 1. The molecule has 7 heteroatoms. The van der Waals surface area contributed by atoms with Crippen LogP contribution in [0.3, 0.4) is 0 Å². The highest BCUT2D eigenvalue weighted by molar-refractivity contribution is 7.91. The molecule has 1 aromatic carbocycles. The minimum atomic E-state index is -3.07. The van der Waals surface area contributed by atoms with E-state index < -0.39 is 9.84 Å². The molecule has 0 spiro atoms. The van der Waals surface area contributed by atoms with Gasteiger partial charge in [-0.3, -0.25) is 9.59 Å². The summed E-state index contributed by atoms with van der Waals surface area (Å²) in [5, 5.41) is 0.653. The van der Waals surface area contributed by atoms with Gasteiger partial charge in [-0.15, -0.1) is 0 Å². The summed E-state index contributed by atoms with van der Waals surface area (Å²) >= 11 is 0. The number of rotatable bonds is 2. The van der Waals surface area contributed by atoms with Gasteiger partial charge in [0.15, 0.2) is 9.84 Å². The Hall–Kier alpha value is -2.15. The summed E-state index contributed by atoms with van der Waals surface area (Å²) in [4.78, 5) is 28.5. The number of aromatic nitrogens is 1. The number of amides is 1. The van der Waals surface area contributed by atoms with Crippen molar-refractivity contribution in [3.63, 3.8) is 0 Å². The molecule has 1 atom stereocenters. The minimum Gasteiger partial charge on any atom is -0.338 e. The van der Waals surface area contributed by atoms with Crippen molar-refractivity contribution in [1.29, 1.82) is 0 Å². The fraction of sp³-hybridized carbons (Fsp3) is 0.333. The van der Waals surface area contributed by atoms with Gasteiger partial charge in [0, 0.05) is 30.1 Å². The summed E-state index contributed by atoms with van der Waals surface area (Å²) in [5.74, 6) is -0.244. The third kappa shape index (κ3) is 2.64. The summed E-state index contributed by atoms with van der Waals surface area (Å²) in [5.41, 5.74) is 0.534. The molecule has 0 radical (unpaired) electrons. The molecule has 116 valence electrons. The first kappa shape index (κ1) is 14.8. The number of nitrogens with one attached hydrogen (secondary N) is 1. The number of hydrogen-bond acceptors (Lipinski definition) is 4. The highest BCUT2D eigenvalue weighted by atomic mass is 32.2. The highest BCUT2D eigenvalue weighted by Gasteiger charge is 2.33. The highest BCUT2D eigenvalue weighted by Crippen LogP contribution is 2.21. The average molecular weight is 320 g/mol. The molecule has 3 rings (SSSR count). The normalized spacial score (nSPS) is 20.1. The zero-order valence-corrected chi connectivity index (χ0v) is 12.9. The van der Waals surface area contributed by atoms with Gasteiger partial charge in [0.25, 0.3) is 5.91 Å². The van der Waals surface area contributed by atoms with Gasteiger partial charge >= 0.3 is 0 Å². The van der Waals surface area contributed by atoms with Crippen LogP contribution in [0, 0.1) is 0 Å². The SMILES string of the molecule is CN(C(=O)c1cc(=O)[nH]c2ccccc12)C1CCS(=O)(=O)C1. The van der Waals surface area contributed by atoms with Gasteiger partial charge in [-0.1, -0.05) is 18.2 Å². The van der Waals surface area contributed by atoms with Crippen LogP contribution in [0.25, 0.3) is 10.9 Å². The first-order valence-electron chi connectivity index (χ1n) is 6.97. The Morgan fingerprint density at radius 3 is 2.73 bits per heavy atom. The standard InChI is InChI=1S/C15H16N2O4S/c1-17(10-6-7-22(20,21)9-10)15(19)12-8-14(18)16-13-5-3-2-4-11(12)13/h2-5,8,10H,6-7,9H2,1H3,(H,16,18). The van der Waals surface area contributed by atoms with Crippen molar-refractivity contribution in [1.82, 2.24) is 9.88 Å². The molecule has 1 aromatic heterocycles. The number of carbonyl (C=O) groups excluding carboxylic acids is 1. The van der Waals surface area contributed by atoms with Gasteiger partial charge in [0.2, 0.25) is 5.56 Å². The minimum absolute atomic E-state index is 0.0175. The maximum atomic E-state index is 12.7. The molecule has 2 aromatic rings. The van der Waals surface area contributed by atoms with E-state index in [2.05, 4.69) is 4.98 Å². The number of sulfone groups is 1. The largest absolute Gasteiger partial charge is 0.338 e. The zero-order chi connectivity index (χ0) is 15.9. The fourth-order valence-corrected chi connectivity index (χ4v) is 4.59. The Bertz CT molecular complexity index is 901. The van der Waals surface area contributed by atoms with Crippen LogP contribution >= 0.6 is 0 Å². The van der Waals surface area contributed by atoms with Crippen LogP contribution in [0.1, 0.15) is 16.8 Å². The number of pyridine rings is 1. The molecule has 2 heterocycles. The van der Waals surface area contributed by atoms with Crippen LogP contribution in [-0.2, 0) is 9.84 Å². The van der Waals surface area contributed by atoms with Gasteiger partial charge in [0.1, 0.15) is 0 Å². The second kappa shape index (κ2) is 5.24. The van der Waals surface area contributed by atoms with E-state index in [0.717, 1.165) is 0 Å². The topological polar surface area (TPSA) is 87.3 Å². The number of nitrogens with zero attached hydrogens (tertiary/aromatic N) is 1. The summed E-state index contributed by atoms with van der Waals surface area (Å²) in [6.45, 7) is 0. The van der Waals surface area contributed by atoms with Gasteiger partial charge in [0.05, 0.1) is 17.1 Å². The van der Waals surface area contributed by atoms with Crippen molar-refractivity contribution < 1.29 is 13.2 Å². The van der Waals surface area contributed by atoms with E-state index in [0.29, 0.717) is 22.9 Å². The molecule has 0 bridgehead atoms. The number of carbonyl (C=O) groups is 1. The van der Waals surface area contributed by atoms with Gasteiger partial charge < -0.3 is 9.88 Å². The Labute approximate surface area is 127 Å². The van der Waals surface area contributed by atoms with Gasteiger partial charge in [-0.25, -0.2) is 8.42 Å². The van der Waals surface area contributed by atoms with E-state index in [1.54, 1.807) is 31.3 Å². The van der Waals surface area contributed by atoms with Crippen molar-refractivity contribution in [2.24, 2.45) is 0 Å². The molecule has 0 aliphatic carbocycles. The Morgan fingerprint density at radius 1 is 1.32 bits per heavy atom. The van der Waals surface area contributed by atoms with Crippen LogP contribution in [0.2, 0.25) is 0 Å². The van der Waals surface area contributed by atoms with Crippen molar-refractivity contribution in [2.75, 3.05) is 18.6 Å². The number of benzene rings is 1. The maximum absolute atomic E-state index is 12.7. The third-order valence-corrected chi connectivity index (χ3v) is 5.81. The van der Waals surface area contributed by atoms with E-state index in [1.807, 2.05) is 0 Å². The number of fused-ring (bicyclic) bond motifs is 1. The van der Waals surface area contributed by atoms with Gasteiger partial charge in [-0.05, 0) is 12.5 Å². The molecule has 1 saturated heterocycles. The first-order valence-corrected chi connectivity index (χ1v) is 8.79. The average Bonchev–Trinajstić information content (AvgIpc) is 2.85. The van der Waals surface area contributed by atoms with Crippen molar-refractivity contribution in [2.45, 2.75) is 12.5 Å². The summed E-state index contributed by atoms with van der Waals surface area (Å²) in [6.07, 6.45) is 0.436. The lowest BCUT2D eigenvalue weighted by molar-refractivity contribution is 0.0749. The Balaban J connectivity index is 2.00. The molecule has 22 heavy (non-hydrogen) atoms. The number of H-pyrrole nitrogens is 1. The third-order valence-electron chi connectivity index (χ3n) is 4.06. The van der Waals surface area contributed by atoms with E-state index in [1.165, 1.54) is 11.0 Å². The molecule has 0 saturated carbocycles. The van der Waals surface area contributed by atoms with Crippen LogP contribution in [-0.4, -0.2) is 48.8 Å². The smallest absolute Gasteiger partial charge is 0.254 e. The molecule has 1 unspecified atom stereocenters. The summed E-state index contributed by atoms with van der Waals surface area (Å²) in [6, 6.07) is 7.99. The molecule has 1 aliphatic heterocycles. The molecular weight excluding hydrogens is 304 g/mol. The molecule has 6 nitrogen and oxygen atoms in total. The van der Waals surface area contributed by atoms with Crippen LogP contribution in [0.4, 0.5) is 0 Å². The van der Waals surface area contributed by atoms with Crippen molar-refractivity contribution in [3.8, 4) is 0 Å². The summed E-state index contributed by atoms with van der Waals surface area (Å²) in [7, 11) is -1.48. The van der Waals surface area contributed by atoms with Crippen LogP contribution < -0.4 is 5.56 Å². The molecule has 1 fully saturated rings. The predicted molar refractivity (Wildman–Crippen MR) is 83.7 cm³/mol. The summed E-state index contributed by atoms with van der Waals surface area (Å²) < 4.78 is 23.2. The predicted octanol–water partition coefficient (Wildman–Crippen LogP) is 0.787. The molecule has 1 N–H and O–H groups in total. The lowest BCUT2D eigenvalue weighted by Gasteiger charge is -2.23. The van der Waals surface area contributed by atoms with E-state index in [4.69, 9.17) is 0 Å². The Morgan fingerprint density at radius 2 is 2.05 bits per heavy atom. The fourth-order valence-electron chi connectivity index (χ4n) is 2.82. The second-order valence-corrected chi connectivity index (χ2v) is 7.79. The number of para-hydroxylation sites is 1. The van der Waals surface area contributed by atoms with E-state index in [9.17, 15) is 18.0 Å². The van der Waals surface area contributed by atoms with E-state index >= 15 is 0 Å². The lowest BCUT2D eigenvalue weighted by Crippen LogP contribution is -2.38. The molecule has 1 amide bonds. The Kier molecular flexibility index (Phi) is 3.52. The monoisotopic (exact) mass is 320 g/mol. The van der Waals surface area contributed by atoms with Gasteiger partial charge in [-0.2, -0.15) is 0 Å².